The molecule has 0 aliphatic carbocycles. The van der Waals surface area contributed by atoms with Crippen molar-refractivity contribution in [3.63, 3.8) is 0 Å². The first-order valence-corrected chi connectivity index (χ1v) is 13.5. The second-order valence-corrected chi connectivity index (χ2v) is 11.1. The fourth-order valence-electron chi connectivity index (χ4n) is 3.99. The van der Waals surface area contributed by atoms with Crippen molar-refractivity contribution >= 4 is 77.0 Å². The van der Waals surface area contributed by atoms with Crippen molar-refractivity contribution in [3.05, 3.63) is 136 Å². The van der Waals surface area contributed by atoms with E-state index in [0.29, 0.717) is 0 Å². The molecule has 0 aliphatic rings. The Labute approximate surface area is 227 Å². The Balaban J connectivity index is 2.09. The molecule has 1 atom stereocenters. The second-order valence-electron chi connectivity index (χ2n) is 7.12. The Morgan fingerprint density at radius 2 is 0.774 bits per heavy atom. The van der Waals surface area contributed by atoms with E-state index in [4.69, 9.17) is 0 Å². The summed E-state index contributed by atoms with van der Waals surface area (Å²) in [5.74, 6) is 3.14. The molecule has 0 N–H and O–H groups in total. The van der Waals surface area contributed by atoms with Crippen LogP contribution in [0.1, 0.15) is 27.8 Å². The van der Waals surface area contributed by atoms with Crippen LogP contribution < -0.4 is 0 Å². The van der Waals surface area contributed by atoms with Gasteiger partial charge in [-0.1, -0.05) is 69.4 Å². The molecule has 0 saturated carbocycles. The molecule has 31 heavy (non-hydrogen) atoms. The van der Waals surface area contributed by atoms with Crippen LogP contribution in [0.15, 0.2) is 97.1 Å². The van der Waals surface area contributed by atoms with Crippen molar-refractivity contribution in [1.29, 1.82) is 0 Å². The van der Waals surface area contributed by atoms with Crippen molar-refractivity contribution in [2.75, 3.05) is 0 Å². The van der Waals surface area contributed by atoms with Gasteiger partial charge in [-0.15, -0.1) is 0 Å². The van der Waals surface area contributed by atoms with Gasteiger partial charge in [0, 0.05) is 16.3 Å². The molecule has 4 aromatic carbocycles. The quantitative estimate of drug-likeness (QED) is 0.0857. The Kier molecular flexibility index (Phi) is 7.74. The molecule has 0 aromatic heterocycles. The summed E-state index contributed by atoms with van der Waals surface area (Å²) in [6.07, 6.45) is 0. The largest absolute Gasteiger partial charge is 0.0781 e. The third-order valence-electron chi connectivity index (χ3n) is 5.37. The van der Waals surface area contributed by atoms with E-state index in [-0.39, 0.29) is 0 Å². The minimum atomic E-state index is -0.425. The molecule has 1 unspecified atom stereocenters. The zero-order valence-electron chi connectivity index (χ0n) is 16.4. The normalized spacial score (nSPS) is 11.0. The van der Waals surface area contributed by atoms with Crippen LogP contribution in [0.25, 0.3) is 0 Å². The average molecular weight is 754 g/mol. The molecular weight excluding hydrogens is 736 g/mol. The smallest absolute Gasteiger partial charge is 0.0701 e. The average Bonchev–Trinajstić information content (AvgIpc) is 2.79. The zero-order valence-corrected chi connectivity index (χ0v) is 24.1. The van der Waals surface area contributed by atoms with Gasteiger partial charge in [0.1, 0.15) is 0 Å². The SMILES string of the molecule is PC#Cc1ccc(C(c2ccc(I)cc2)(c2ccc(I)cc2)c2ccc(I)cc2)cc1. The standard InChI is InChI=1S/C27H18I3P/c28-24-11-5-21(6-12-24)27(22-7-13-25(29)14-8-22,23-9-15-26(30)16-10-23)20-3-1-19(2-4-20)17-18-31/h1-16H,31H2. The van der Waals surface area contributed by atoms with Crippen LogP contribution in [0.4, 0.5) is 0 Å². The van der Waals surface area contributed by atoms with E-state index < -0.39 is 5.41 Å². The molecule has 4 rings (SSSR count). The Bertz CT molecular complexity index is 1120. The summed E-state index contributed by atoms with van der Waals surface area (Å²) in [5, 5.41) is 0. The molecule has 0 heterocycles. The van der Waals surface area contributed by atoms with E-state index in [1.807, 2.05) is 0 Å². The molecule has 0 bridgehead atoms. The van der Waals surface area contributed by atoms with E-state index in [2.05, 4.69) is 186 Å². The first-order chi connectivity index (χ1) is 15.0. The van der Waals surface area contributed by atoms with E-state index in [1.54, 1.807) is 0 Å². The van der Waals surface area contributed by atoms with E-state index in [0.717, 1.165) is 5.56 Å². The van der Waals surface area contributed by atoms with Gasteiger partial charge in [-0.2, -0.15) is 0 Å². The molecule has 0 radical (unpaired) electrons. The molecule has 0 aliphatic heterocycles. The highest BCUT2D eigenvalue weighted by Gasteiger charge is 2.38. The predicted octanol–water partition coefficient (Wildman–Crippen LogP) is 8.07. The van der Waals surface area contributed by atoms with Crippen molar-refractivity contribution in [3.8, 4) is 11.6 Å². The topological polar surface area (TPSA) is 0 Å². The van der Waals surface area contributed by atoms with Crippen LogP contribution in [0.2, 0.25) is 0 Å². The van der Waals surface area contributed by atoms with Gasteiger partial charge in [0.15, 0.2) is 0 Å². The van der Waals surface area contributed by atoms with Gasteiger partial charge in [-0.25, -0.2) is 0 Å². The third kappa shape index (κ3) is 4.88. The molecule has 0 spiro atoms. The number of rotatable bonds is 4. The molecule has 0 amide bonds. The van der Waals surface area contributed by atoms with Crippen molar-refractivity contribution in [1.82, 2.24) is 0 Å². The predicted molar refractivity (Wildman–Crippen MR) is 159 cm³/mol. The summed E-state index contributed by atoms with van der Waals surface area (Å²) in [6, 6.07) is 35.4. The minimum Gasteiger partial charge on any atom is -0.0781 e. The summed E-state index contributed by atoms with van der Waals surface area (Å²) in [7, 11) is 2.47. The summed E-state index contributed by atoms with van der Waals surface area (Å²) in [4.78, 5) is 0. The molecular formula is C27H18I3P. The molecule has 152 valence electrons. The lowest BCUT2D eigenvalue weighted by molar-refractivity contribution is 0.744. The van der Waals surface area contributed by atoms with Crippen LogP contribution in [0, 0.1) is 22.3 Å². The number of halogens is 3. The lowest BCUT2D eigenvalue weighted by atomic mass is 9.65. The number of hydrogen-bond acceptors (Lipinski definition) is 0. The number of hydrogen-bond donors (Lipinski definition) is 0. The van der Waals surface area contributed by atoms with Crippen LogP contribution in [0.3, 0.4) is 0 Å². The van der Waals surface area contributed by atoms with Crippen LogP contribution in [-0.4, -0.2) is 0 Å². The van der Waals surface area contributed by atoms with Gasteiger partial charge in [0.2, 0.25) is 0 Å². The molecule has 4 aromatic rings. The highest BCUT2D eigenvalue weighted by molar-refractivity contribution is 14.1. The summed E-state index contributed by atoms with van der Waals surface area (Å²) < 4.78 is 3.68. The van der Waals surface area contributed by atoms with Crippen LogP contribution in [0.5, 0.6) is 0 Å². The molecule has 0 fully saturated rings. The van der Waals surface area contributed by atoms with E-state index >= 15 is 0 Å². The maximum absolute atomic E-state index is 3.14. The monoisotopic (exact) mass is 754 g/mol. The molecule has 4 heteroatoms. The first kappa shape index (κ1) is 23.2. The third-order valence-corrected chi connectivity index (χ3v) is 7.67. The van der Waals surface area contributed by atoms with Crippen molar-refractivity contribution in [2.24, 2.45) is 0 Å². The zero-order chi connectivity index (χ0) is 21.8. The summed E-state index contributed by atoms with van der Waals surface area (Å²) in [5.41, 5.74) is 8.49. The molecule has 0 nitrogen and oxygen atoms in total. The summed E-state index contributed by atoms with van der Waals surface area (Å²) >= 11 is 7.12. The van der Waals surface area contributed by atoms with E-state index in [9.17, 15) is 0 Å². The van der Waals surface area contributed by atoms with Crippen molar-refractivity contribution in [2.45, 2.75) is 5.41 Å². The highest BCUT2D eigenvalue weighted by Crippen LogP contribution is 2.45. The van der Waals surface area contributed by atoms with Gasteiger partial charge < -0.3 is 0 Å². The highest BCUT2D eigenvalue weighted by atomic mass is 127. The lowest BCUT2D eigenvalue weighted by Gasteiger charge is -2.37. The minimum absolute atomic E-state index is 0.425. The van der Waals surface area contributed by atoms with E-state index in [1.165, 1.54) is 33.0 Å². The second kappa shape index (κ2) is 10.3. The summed E-state index contributed by atoms with van der Waals surface area (Å²) in [6.45, 7) is 0. The Morgan fingerprint density at radius 1 is 0.484 bits per heavy atom. The van der Waals surface area contributed by atoms with Crippen LogP contribution in [-0.2, 0) is 5.41 Å². The van der Waals surface area contributed by atoms with Crippen LogP contribution >= 0.6 is 77.0 Å². The molecule has 0 saturated heterocycles. The Morgan fingerprint density at radius 3 is 1.06 bits per heavy atom. The Hall–Kier alpha value is -0.940. The van der Waals surface area contributed by atoms with Gasteiger partial charge in [-0.3, -0.25) is 0 Å². The van der Waals surface area contributed by atoms with Gasteiger partial charge in [0.25, 0.3) is 0 Å². The maximum Gasteiger partial charge on any atom is 0.0701 e. The van der Waals surface area contributed by atoms with Crippen molar-refractivity contribution < 1.29 is 0 Å². The van der Waals surface area contributed by atoms with Gasteiger partial charge in [0.05, 0.1) is 5.41 Å². The first-order valence-electron chi connectivity index (χ1n) is 9.64. The van der Waals surface area contributed by atoms with Gasteiger partial charge in [-0.05, 0) is 139 Å². The van der Waals surface area contributed by atoms with Gasteiger partial charge >= 0.3 is 0 Å². The fourth-order valence-corrected chi connectivity index (χ4v) is 5.23. The fraction of sp³-hybridized carbons (Fsp3) is 0.0370. The lowest BCUT2D eigenvalue weighted by Crippen LogP contribution is -2.31. The number of benzene rings is 4. The maximum atomic E-state index is 3.14.